The molecule has 0 unspecified atom stereocenters. The lowest BCUT2D eigenvalue weighted by Gasteiger charge is -2.04. The van der Waals surface area contributed by atoms with Gasteiger partial charge < -0.3 is 0 Å². The highest BCUT2D eigenvalue weighted by Crippen LogP contribution is 2.40. The first-order valence-corrected chi connectivity index (χ1v) is 6.00. The summed E-state index contributed by atoms with van der Waals surface area (Å²) in [4.78, 5) is 0. The van der Waals surface area contributed by atoms with Crippen LogP contribution in [0.3, 0.4) is 0 Å². The second kappa shape index (κ2) is 3.79. The fourth-order valence-corrected chi connectivity index (χ4v) is 2.11. The Morgan fingerprint density at radius 2 is 1.25 bits per heavy atom. The van der Waals surface area contributed by atoms with E-state index in [0.29, 0.717) is 0 Å². The van der Waals surface area contributed by atoms with E-state index >= 15 is 0 Å². The average Bonchev–Trinajstić information content (AvgIpc) is 3.14. The Labute approximate surface area is 96.9 Å². The van der Waals surface area contributed by atoms with Crippen molar-refractivity contribution in [1.82, 2.24) is 0 Å². The number of hydrogen-bond acceptors (Lipinski definition) is 0. The molecule has 1 aliphatic rings. The van der Waals surface area contributed by atoms with E-state index in [9.17, 15) is 0 Å². The molecule has 0 heterocycles. The van der Waals surface area contributed by atoms with Gasteiger partial charge >= 0.3 is 0 Å². The largest absolute Gasteiger partial charge is 0.0587 e. The summed E-state index contributed by atoms with van der Waals surface area (Å²) in [5, 5.41) is 0. The predicted octanol–water partition coefficient (Wildman–Crippen LogP) is 4.54. The minimum Gasteiger partial charge on any atom is -0.0587 e. The van der Waals surface area contributed by atoms with Gasteiger partial charge in [0.15, 0.2) is 0 Å². The van der Waals surface area contributed by atoms with Crippen LogP contribution in [0.2, 0.25) is 0 Å². The van der Waals surface area contributed by atoms with E-state index in [1.807, 2.05) is 0 Å². The van der Waals surface area contributed by atoms with Gasteiger partial charge in [-0.15, -0.1) is 0 Å². The van der Waals surface area contributed by atoms with Crippen molar-refractivity contribution < 1.29 is 0 Å². The first-order valence-electron chi connectivity index (χ1n) is 6.00. The Hall–Kier alpha value is -1.56. The summed E-state index contributed by atoms with van der Waals surface area (Å²) < 4.78 is 0. The summed E-state index contributed by atoms with van der Waals surface area (Å²) in [6.45, 7) is 2.12. The Bertz CT molecular complexity index is 472. The molecule has 1 saturated carbocycles. The van der Waals surface area contributed by atoms with Gasteiger partial charge in [-0.2, -0.15) is 0 Å². The van der Waals surface area contributed by atoms with Gasteiger partial charge in [-0.1, -0.05) is 54.1 Å². The lowest BCUT2D eigenvalue weighted by atomic mass is 10.0. The standard InChI is InChI=1S/C16H16/c1-12-2-4-13(5-3-12)14-6-8-15(9-7-14)16-10-11-16/h2-9,16H,10-11H2,1H3. The summed E-state index contributed by atoms with van der Waals surface area (Å²) >= 11 is 0. The van der Waals surface area contributed by atoms with Gasteiger partial charge in [0.2, 0.25) is 0 Å². The quantitative estimate of drug-likeness (QED) is 0.679. The topological polar surface area (TPSA) is 0 Å². The summed E-state index contributed by atoms with van der Waals surface area (Å²) in [5.41, 5.74) is 5.46. The van der Waals surface area contributed by atoms with E-state index in [4.69, 9.17) is 0 Å². The fraction of sp³-hybridized carbons (Fsp3) is 0.250. The van der Waals surface area contributed by atoms with E-state index in [0.717, 1.165) is 5.92 Å². The lowest BCUT2D eigenvalue weighted by Crippen LogP contribution is -1.81. The predicted molar refractivity (Wildman–Crippen MR) is 68.6 cm³/mol. The van der Waals surface area contributed by atoms with Crippen molar-refractivity contribution in [3.8, 4) is 11.1 Å². The SMILES string of the molecule is Cc1ccc(-c2ccc(C3CC3)cc2)cc1. The minimum absolute atomic E-state index is 0.854. The molecule has 80 valence electrons. The van der Waals surface area contributed by atoms with Crippen LogP contribution >= 0.6 is 0 Å². The van der Waals surface area contributed by atoms with Crippen LogP contribution < -0.4 is 0 Å². The third-order valence-corrected chi connectivity index (χ3v) is 3.34. The highest BCUT2D eigenvalue weighted by atomic mass is 14.3. The zero-order chi connectivity index (χ0) is 11.0. The first kappa shape index (κ1) is 9.65. The second-order valence-electron chi connectivity index (χ2n) is 4.76. The molecule has 0 spiro atoms. The maximum atomic E-state index is 2.28. The number of aryl methyl sites for hydroxylation is 1. The van der Waals surface area contributed by atoms with Crippen LogP contribution in [0.25, 0.3) is 11.1 Å². The molecule has 0 bridgehead atoms. The summed E-state index contributed by atoms with van der Waals surface area (Å²) in [7, 11) is 0. The molecular formula is C16H16. The Morgan fingerprint density at radius 1 is 0.750 bits per heavy atom. The smallest absolute Gasteiger partial charge is 0.0162 e. The fourth-order valence-electron chi connectivity index (χ4n) is 2.11. The number of rotatable bonds is 2. The zero-order valence-corrected chi connectivity index (χ0v) is 9.61. The van der Waals surface area contributed by atoms with E-state index in [1.54, 1.807) is 0 Å². The minimum atomic E-state index is 0.854. The van der Waals surface area contributed by atoms with Crippen molar-refractivity contribution in [2.24, 2.45) is 0 Å². The van der Waals surface area contributed by atoms with Crippen molar-refractivity contribution in [3.63, 3.8) is 0 Å². The molecule has 0 saturated heterocycles. The number of hydrogen-bond donors (Lipinski definition) is 0. The van der Waals surface area contributed by atoms with Gasteiger partial charge in [0.05, 0.1) is 0 Å². The van der Waals surface area contributed by atoms with Crippen LogP contribution in [0.1, 0.15) is 29.9 Å². The second-order valence-corrected chi connectivity index (χ2v) is 4.76. The van der Waals surface area contributed by atoms with Gasteiger partial charge in [-0.05, 0) is 42.4 Å². The van der Waals surface area contributed by atoms with Gasteiger partial charge in [0.1, 0.15) is 0 Å². The molecule has 0 amide bonds. The van der Waals surface area contributed by atoms with E-state index < -0.39 is 0 Å². The molecule has 0 aromatic heterocycles. The van der Waals surface area contributed by atoms with Crippen LogP contribution in [0.5, 0.6) is 0 Å². The molecule has 0 aliphatic heterocycles. The molecule has 3 rings (SSSR count). The van der Waals surface area contributed by atoms with Crippen molar-refractivity contribution in [1.29, 1.82) is 0 Å². The van der Waals surface area contributed by atoms with Crippen LogP contribution in [0.4, 0.5) is 0 Å². The molecule has 2 aromatic carbocycles. The van der Waals surface area contributed by atoms with Crippen molar-refractivity contribution in [2.45, 2.75) is 25.7 Å². The molecule has 16 heavy (non-hydrogen) atoms. The summed E-state index contributed by atoms with van der Waals surface area (Å²) in [6, 6.07) is 17.8. The van der Waals surface area contributed by atoms with Crippen molar-refractivity contribution in [3.05, 3.63) is 59.7 Å². The Morgan fingerprint density at radius 3 is 1.75 bits per heavy atom. The Kier molecular flexibility index (Phi) is 2.28. The van der Waals surface area contributed by atoms with Gasteiger partial charge in [0.25, 0.3) is 0 Å². The highest BCUT2D eigenvalue weighted by molar-refractivity contribution is 5.64. The van der Waals surface area contributed by atoms with Crippen LogP contribution in [-0.2, 0) is 0 Å². The summed E-state index contributed by atoms with van der Waals surface area (Å²) in [6.07, 6.45) is 2.76. The van der Waals surface area contributed by atoms with Gasteiger partial charge in [0, 0.05) is 0 Å². The molecule has 0 nitrogen and oxygen atoms in total. The van der Waals surface area contributed by atoms with Crippen LogP contribution in [0.15, 0.2) is 48.5 Å². The van der Waals surface area contributed by atoms with E-state index in [-0.39, 0.29) is 0 Å². The maximum Gasteiger partial charge on any atom is -0.0162 e. The van der Waals surface area contributed by atoms with E-state index in [1.165, 1.54) is 35.1 Å². The maximum absolute atomic E-state index is 2.28. The third-order valence-electron chi connectivity index (χ3n) is 3.34. The molecule has 2 aromatic rings. The molecule has 0 heteroatoms. The van der Waals surface area contributed by atoms with Crippen molar-refractivity contribution in [2.75, 3.05) is 0 Å². The van der Waals surface area contributed by atoms with Gasteiger partial charge in [-0.3, -0.25) is 0 Å². The van der Waals surface area contributed by atoms with Crippen LogP contribution in [-0.4, -0.2) is 0 Å². The highest BCUT2D eigenvalue weighted by Gasteiger charge is 2.22. The lowest BCUT2D eigenvalue weighted by molar-refractivity contribution is 1.13. The summed E-state index contributed by atoms with van der Waals surface area (Å²) in [5.74, 6) is 0.854. The van der Waals surface area contributed by atoms with E-state index in [2.05, 4.69) is 55.5 Å². The van der Waals surface area contributed by atoms with Crippen molar-refractivity contribution >= 4 is 0 Å². The molecule has 1 aliphatic carbocycles. The number of benzene rings is 2. The third kappa shape index (κ3) is 1.88. The molecule has 0 N–H and O–H groups in total. The van der Waals surface area contributed by atoms with Gasteiger partial charge in [-0.25, -0.2) is 0 Å². The molecular weight excluding hydrogens is 192 g/mol. The molecule has 1 fully saturated rings. The normalized spacial score (nSPS) is 15.1. The molecule has 0 radical (unpaired) electrons. The van der Waals surface area contributed by atoms with Crippen LogP contribution in [0, 0.1) is 6.92 Å². The first-order chi connectivity index (χ1) is 7.83. The Balaban J connectivity index is 1.91. The average molecular weight is 208 g/mol. The monoisotopic (exact) mass is 208 g/mol. The zero-order valence-electron chi connectivity index (χ0n) is 9.61. The molecule has 0 atom stereocenters.